The van der Waals surface area contributed by atoms with Gasteiger partial charge in [-0.05, 0) is 32.3 Å². The number of nitrogens with zero attached hydrogens (tertiary/aromatic N) is 1. The third kappa shape index (κ3) is 1.93. The molecule has 60 valence electrons. The molecule has 0 heterocycles. The van der Waals surface area contributed by atoms with Crippen LogP contribution in [0, 0.1) is 0 Å². The molecule has 0 aliphatic heterocycles. The van der Waals surface area contributed by atoms with Crippen LogP contribution in [0.15, 0.2) is 28.4 Å². The van der Waals surface area contributed by atoms with Crippen LogP contribution >= 0.6 is 0 Å². The van der Waals surface area contributed by atoms with Crippen molar-refractivity contribution in [1.29, 1.82) is 0 Å². The van der Waals surface area contributed by atoms with E-state index in [-0.39, 0.29) is 0 Å². The van der Waals surface area contributed by atoms with Gasteiger partial charge in [-0.15, -0.1) is 0 Å². The molecule has 1 aliphatic carbocycles. The Morgan fingerprint density at radius 2 is 2.18 bits per heavy atom. The molecule has 1 aliphatic rings. The molecule has 11 heavy (non-hydrogen) atoms. The molecule has 0 aromatic rings. The summed E-state index contributed by atoms with van der Waals surface area (Å²) in [5.74, 6) is 5.16. The van der Waals surface area contributed by atoms with E-state index in [4.69, 9.17) is 5.84 Å². The van der Waals surface area contributed by atoms with E-state index < -0.39 is 0 Å². The molecule has 0 aromatic heterocycles. The molecule has 0 saturated heterocycles. The number of nitrogens with two attached hydrogens (primary N) is 1. The smallest absolute Gasteiger partial charge is 0.0601 e. The van der Waals surface area contributed by atoms with Crippen molar-refractivity contribution in [2.75, 3.05) is 0 Å². The molecule has 1 rings (SSSR count). The molecule has 0 unspecified atom stereocenters. The predicted molar refractivity (Wildman–Crippen MR) is 48.4 cm³/mol. The molecule has 0 saturated carbocycles. The van der Waals surface area contributed by atoms with Crippen LogP contribution in [-0.4, -0.2) is 5.71 Å². The van der Waals surface area contributed by atoms with Gasteiger partial charge in [0.2, 0.25) is 0 Å². The molecular formula is C9H14N2. The van der Waals surface area contributed by atoms with Crippen molar-refractivity contribution in [2.45, 2.75) is 26.7 Å². The Hall–Kier alpha value is -1.05. The zero-order valence-electron chi connectivity index (χ0n) is 7.09. The quantitative estimate of drug-likeness (QED) is 0.346. The highest BCUT2D eigenvalue weighted by Crippen LogP contribution is 2.18. The monoisotopic (exact) mass is 150 g/mol. The van der Waals surface area contributed by atoms with Crippen LogP contribution in [0.1, 0.15) is 26.7 Å². The lowest BCUT2D eigenvalue weighted by Gasteiger charge is -2.10. The third-order valence-electron chi connectivity index (χ3n) is 2.02. The van der Waals surface area contributed by atoms with E-state index >= 15 is 0 Å². The van der Waals surface area contributed by atoms with Crippen molar-refractivity contribution in [2.24, 2.45) is 10.9 Å². The lowest BCUT2D eigenvalue weighted by molar-refractivity contribution is 0.933. The van der Waals surface area contributed by atoms with Crippen LogP contribution in [0.4, 0.5) is 0 Å². The van der Waals surface area contributed by atoms with Crippen molar-refractivity contribution in [1.82, 2.24) is 0 Å². The Balaban J connectivity index is 2.76. The predicted octanol–water partition coefficient (Wildman–Crippen LogP) is 1.99. The van der Waals surface area contributed by atoms with Crippen LogP contribution < -0.4 is 5.84 Å². The fourth-order valence-electron chi connectivity index (χ4n) is 1.13. The van der Waals surface area contributed by atoms with E-state index in [1.54, 1.807) is 0 Å². The van der Waals surface area contributed by atoms with E-state index in [0.29, 0.717) is 0 Å². The first-order valence-electron chi connectivity index (χ1n) is 3.85. The van der Waals surface area contributed by atoms with Gasteiger partial charge in [0.1, 0.15) is 0 Å². The van der Waals surface area contributed by atoms with Crippen LogP contribution in [0.2, 0.25) is 0 Å². The summed E-state index contributed by atoms with van der Waals surface area (Å²) in [5.41, 5.74) is 3.64. The SMILES string of the molecule is CC1=CC=C(/C(C)=N\N)CC1. The van der Waals surface area contributed by atoms with E-state index in [2.05, 4.69) is 24.2 Å². The van der Waals surface area contributed by atoms with Gasteiger partial charge in [0.15, 0.2) is 0 Å². The number of rotatable bonds is 1. The molecule has 2 nitrogen and oxygen atoms in total. The van der Waals surface area contributed by atoms with E-state index in [0.717, 1.165) is 18.6 Å². The molecule has 0 fully saturated rings. The lowest BCUT2D eigenvalue weighted by Crippen LogP contribution is -2.03. The summed E-state index contributed by atoms with van der Waals surface area (Å²) in [6.45, 7) is 4.09. The molecule has 0 bridgehead atoms. The standard InChI is InChI=1S/C9H14N2/c1-7-3-5-9(6-4-7)8(2)11-10/h3,5H,4,6,10H2,1-2H3/b11-8-. The van der Waals surface area contributed by atoms with Crippen molar-refractivity contribution >= 4 is 5.71 Å². The summed E-state index contributed by atoms with van der Waals surface area (Å²) in [6, 6.07) is 0. The summed E-state index contributed by atoms with van der Waals surface area (Å²) >= 11 is 0. The average Bonchev–Trinajstić information content (AvgIpc) is 2.05. The minimum absolute atomic E-state index is 0.953. The van der Waals surface area contributed by atoms with Crippen LogP contribution in [-0.2, 0) is 0 Å². The van der Waals surface area contributed by atoms with Crippen LogP contribution in [0.3, 0.4) is 0 Å². The topological polar surface area (TPSA) is 38.4 Å². The first-order chi connectivity index (χ1) is 5.24. The number of hydrazone groups is 1. The summed E-state index contributed by atoms with van der Waals surface area (Å²) in [5, 5.41) is 3.66. The summed E-state index contributed by atoms with van der Waals surface area (Å²) in [7, 11) is 0. The lowest BCUT2D eigenvalue weighted by atomic mass is 9.97. The molecule has 0 aromatic carbocycles. The van der Waals surface area contributed by atoms with Gasteiger partial charge in [-0.3, -0.25) is 0 Å². The third-order valence-corrected chi connectivity index (χ3v) is 2.02. The number of hydrogen-bond acceptors (Lipinski definition) is 2. The zero-order chi connectivity index (χ0) is 8.27. The fraction of sp³-hybridized carbons (Fsp3) is 0.444. The zero-order valence-corrected chi connectivity index (χ0v) is 7.09. The maximum absolute atomic E-state index is 5.16. The van der Waals surface area contributed by atoms with Crippen molar-refractivity contribution < 1.29 is 0 Å². The molecule has 0 atom stereocenters. The molecule has 0 spiro atoms. The van der Waals surface area contributed by atoms with Gasteiger partial charge >= 0.3 is 0 Å². The van der Waals surface area contributed by atoms with Gasteiger partial charge in [0.05, 0.1) is 5.71 Å². The van der Waals surface area contributed by atoms with Crippen molar-refractivity contribution in [3.05, 3.63) is 23.3 Å². The maximum atomic E-state index is 5.16. The van der Waals surface area contributed by atoms with E-state index in [1.807, 2.05) is 6.92 Å². The summed E-state index contributed by atoms with van der Waals surface area (Å²) < 4.78 is 0. The first-order valence-corrected chi connectivity index (χ1v) is 3.85. The Bertz CT molecular complexity index is 234. The maximum Gasteiger partial charge on any atom is 0.0601 e. The second-order valence-corrected chi connectivity index (χ2v) is 2.92. The van der Waals surface area contributed by atoms with Gasteiger partial charge < -0.3 is 5.84 Å². The van der Waals surface area contributed by atoms with E-state index in [9.17, 15) is 0 Å². The fourth-order valence-corrected chi connectivity index (χ4v) is 1.13. The molecule has 2 N–H and O–H groups in total. The van der Waals surface area contributed by atoms with Crippen molar-refractivity contribution in [3.8, 4) is 0 Å². The largest absolute Gasteiger partial charge is 0.323 e. The molecule has 2 heteroatoms. The van der Waals surface area contributed by atoms with Crippen LogP contribution in [0.25, 0.3) is 0 Å². The van der Waals surface area contributed by atoms with E-state index in [1.165, 1.54) is 11.1 Å². The molecule has 0 amide bonds. The molecular weight excluding hydrogens is 136 g/mol. The highest BCUT2D eigenvalue weighted by molar-refractivity contribution is 5.98. The van der Waals surface area contributed by atoms with Gasteiger partial charge in [-0.2, -0.15) is 5.10 Å². The highest BCUT2D eigenvalue weighted by Gasteiger charge is 2.04. The Labute approximate surface area is 67.5 Å². The summed E-state index contributed by atoms with van der Waals surface area (Å²) in [4.78, 5) is 0. The Kier molecular flexibility index (Phi) is 2.47. The second-order valence-electron chi connectivity index (χ2n) is 2.92. The highest BCUT2D eigenvalue weighted by atomic mass is 15.1. The minimum atomic E-state index is 0.953. The normalized spacial score (nSPS) is 19.3. The van der Waals surface area contributed by atoms with Gasteiger partial charge in [0.25, 0.3) is 0 Å². The first kappa shape index (κ1) is 8.05. The van der Waals surface area contributed by atoms with Crippen molar-refractivity contribution in [3.63, 3.8) is 0 Å². The van der Waals surface area contributed by atoms with Gasteiger partial charge in [-0.25, -0.2) is 0 Å². The minimum Gasteiger partial charge on any atom is -0.323 e. The molecule has 0 radical (unpaired) electrons. The second kappa shape index (κ2) is 3.37. The Morgan fingerprint density at radius 1 is 1.45 bits per heavy atom. The van der Waals surface area contributed by atoms with Gasteiger partial charge in [0, 0.05) is 0 Å². The number of allylic oxidation sites excluding steroid dienone is 4. The van der Waals surface area contributed by atoms with Crippen LogP contribution in [0.5, 0.6) is 0 Å². The number of hydrogen-bond donors (Lipinski definition) is 1. The summed E-state index contributed by atoms with van der Waals surface area (Å²) in [6.07, 6.45) is 6.45. The van der Waals surface area contributed by atoms with Gasteiger partial charge in [-0.1, -0.05) is 17.7 Å². The average molecular weight is 150 g/mol. The Morgan fingerprint density at radius 3 is 2.64 bits per heavy atom.